The third-order valence-electron chi connectivity index (χ3n) is 3.72. The summed E-state index contributed by atoms with van der Waals surface area (Å²) < 4.78 is 11.3. The Morgan fingerprint density at radius 1 is 0.731 bits per heavy atom. The Morgan fingerprint density at radius 2 is 1.27 bits per heavy atom. The number of para-hydroxylation sites is 1. The van der Waals surface area contributed by atoms with Crippen molar-refractivity contribution in [2.24, 2.45) is 0 Å². The Kier molecular flexibility index (Phi) is 6.01. The van der Waals surface area contributed by atoms with Crippen molar-refractivity contribution in [3.05, 3.63) is 82.3 Å². The molecule has 0 spiro atoms. The number of hydrogen-bond donors (Lipinski definition) is 0. The standard InChI is InChI=1S/C21H15Cl2NO2/c22-19-2-1-3-20(23)21(19)26-13-12-25-18-10-8-17(9-11-18)16-6-4-15(14-24)5-7-16/h1-11H,12-13H2. The van der Waals surface area contributed by atoms with Gasteiger partial charge in [-0.25, -0.2) is 0 Å². The monoisotopic (exact) mass is 383 g/mol. The van der Waals surface area contributed by atoms with Gasteiger partial charge in [0.05, 0.1) is 21.7 Å². The van der Waals surface area contributed by atoms with E-state index in [2.05, 4.69) is 6.07 Å². The summed E-state index contributed by atoms with van der Waals surface area (Å²) in [6.45, 7) is 0.707. The van der Waals surface area contributed by atoms with Crippen molar-refractivity contribution in [1.29, 1.82) is 5.26 Å². The summed E-state index contributed by atoms with van der Waals surface area (Å²) in [5.74, 6) is 1.21. The number of benzene rings is 3. The van der Waals surface area contributed by atoms with Crippen LogP contribution >= 0.6 is 23.2 Å². The Bertz CT molecular complexity index is 896. The lowest BCUT2D eigenvalue weighted by atomic mass is 10.0. The summed E-state index contributed by atoms with van der Waals surface area (Å²) in [5, 5.41) is 9.80. The number of rotatable bonds is 6. The maximum Gasteiger partial charge on any atom is 0.156 e. The molecule has 3 aromatic rings. The van der Waals surface area contributed by atoms with Crippen LogP contribution in [0.15, 0.2) is 66.7 Å². The van der Waals surface area contributed by atoms with E-state index >= 15 is 0 Å². The van der Waals surface area contributed by atoms with Gasteiger partial charge >= 0.3 is 0 Å². The topological polar surface area (TPSA) is 42.2 Å². The molecule has 0 amide bonds. The van der Waals surface area contributed by atoms with Crippen molar-refractivity contribution in [2.45, 2.75) is 0 Å². The van der Waals surface area contributed by atoms with Crippen LogP contribution in [0.4, 0.5) is 0 Å². The second-order valence-corrected chi connectivity index (χ2v) is 6.28. The third kappa shape index (κ3) is 4.49. The zero-order valence-corrected chi connectivity index (χ0v) is 15.3. The molecule has 0 N–H and O–H groups in total. The first kappa shape index (κ1) is 18.1. The van der Waals surface area contributed by atoms with Gasteiger partial charge in [-0.3, -0.25) is 0 Å². The molecule has 3 rings (SSSR count). The molecule has 0 fully saturated rings. The molecule has 0 aliphatic heterocycles. The number of halogens is 2. The second kappa shape index (κ2) is 8.62. The summed E-state index contributed by atoms with van der Waals surface area (Å²) in [6, 6.07) is 22.5. The molecule has 0 aliphatic carbocycles. The molecule has 130 valence electrons. The fourth-order valence-corrected chi connectivity index (χ4v) is 2.91. The molecule has 0 bridgehead atoms. The van der Waals surface area contributed by atoms with Crippen LogP contribution in [0.25, 0.3) is 11.1 Å². The summed E-state index contributed by atoms with van der Waals surface area (Å²) in [4.78, 5) is 0. The average Bonchev–Trinajstić information content (AvgIpc) is 2.68. The van der Waals surface area contributed by atoms with E-state index in [0.717, 1.165) is 16.9 Å². The van der Waals surface area contributed by atoms with Crippen molar-refractivity contribution >= 4 is 23.2 Å². The van der Waals surface area contributed by atoms with Crippen LogP contribution in [-0.2, 0) is 0 Å². The third-order valence-corrected chi connectivity index (χ3v) is 4.31. The van der Waals surface area contributed by atoms with E-state index < -0.39 is 0 Å². The van der Waals surface area contributed by atoms with Gasteiger partial charge in [0.2, 0.25) is 0 Å². The predicted octanol–water partition coefficient (Wildman–Crippen LogP) is 5.99. The van der Waals surface area contributed by atoms with Crippen molar-refractivity contribution in [2.75, 3.05) is 13.2 Å². The molecule has 0 aliphatic rings. The number of hydrogen-bond acceptors (Lipinski definition) is 3. The molecule has 0 radical (unpaired) electrons. The fourth-order valence-electron chi connectivity index (χ4n) is 2.40. The Labute approximate surface area is 162 Å². The van der Waals surface area contributed by atoms with Crippen LogP contribution in [0, 0.1) is 11.3 Å². The highest BCUT2D eigenvalue weighted by Crippen LogP contribution is 2.32. The molecule has 0 unspecified atom stereocenters. The summed E-state index contributed by atoms with van der Waals surface area (Å²) >= 11 is 12.1. The minimum absolute atomic E-state index is 0.334. The smallest absolute Gasteiger partial charge is 0.156 e. The molecular weight excluding hydrogens is 369 g/mol. The number of nitriles is 1. The predicted molar refractivity (Wildman–Crippen MR) is 104 cm³/mol. The van der Waals surface area contributed by atoms with Crippen LogP contribution in [0.5, 0.6) is 11.5 Å². The van der Waals surface area contributed by atoms with Gasteiger partial charge in [0, 0.05) is 0 Å². The van der Waals surface area contributed by atoms with E-state index in [0.29, 0.717) is 34.6 Å². The molecular formula is C21H15Cl2NO2. The van der Waals surface area contributed by atoms with Crippen LogP contribution in [0.1, 0.15) is 5.56 Å². The van der Waals surface area contributed by atoms with Crippen LogP contribution < -0.4 is 9.47 Å². The van der Waals surface area contributed by atoms with Crippen molar-refractivity contribution in [3.8, 4) is 28.7 Å². The highest BCUT2D eigenvalue weighted by Gasteiger charge is 2.06. The van der Waals surface area contributed by atoms with Crippen LogP contribution in [-0.4, -0.2) is 13.2 Å². The normalized spacial score (nSPS) is 10.2. The zero-order valence-electron chi connectivity index (χ0n) is 13.8. The first-order valence-corrected chi connectivity index (χ1v) is 8.73. The highest BCUT2D eigenvalue weighted by atomic mass is 35.5. The minimum Gasteiger partial charge on any atom is -0.490 e. The molecule has 3 aromatic carbocycles. The van der Waals surface area contributed by atoms with Gasteiger partial charge in [0.25, 0.3) is 0 Å². The molecule has 3 nitrogen and oxygen atoms in total. The van der Waals surface area contributed by atoms with E-state index in [1.165, 1.54) is 0 Å². The fraction of sp³-hybridized carbons (Fsp3) is 0.0952. The zero-order chi connectivity index (χ0) is 18.4. The van der Waals surface area contributed by atoms with Gasteiger partial charge < -0.3 is 9.47 Å². The summed E-state index contributed by atoms with van der Waals surface area (Å²) in [5.41, 5.74) is 2.75. The molecule has 0 saturated carbocycles. The number of ether oxygens (including phenoxy) is 2. The van der Waals surface area contributed by atoms with Gasteiger partial charge in [-0.05, 0) is 47.5 Å². The van der Waals surface area contributed by atoms with E-state index in [9.17, 15) is 0 Å². The summed E-state index contributed by atoms with van der Waals surface area (Å²) in [7, 11) is 0. The Morgan fingerprint density at radius 3 is 1.85 bits per heavy atom. The lowest BCUT2D eigenvalue weighted by Gasteiger charge is -2.11. The van der Waals surface area contributed by atoms with E-state index in [4.69, 9.17) is 37.9 Å². The van der Waals surface area contributed by atoms with Gasteiger partial charge in [0.15, 0.2) is 5.75 Å². The Balaban J connectivity index is 1.54. The van der Waals surface area contributed by atoms with Crippen LogP contribution in [0.2, 0.25) is 10.0 Å². The van der Waals surface area contributed by atoms with Crippen molar-refractivity contribution in [1.82, 2.24) is 0 Å². The first-order chi connectivity index (χ1) is 12.7. The molecule has 0 saturated heterocycles. The largest absolute Gasteiger partial charge is 0.490 e. The lowest BCUT2D eigenvalue weighted by Crippen LogP contribution is -2.09. The molecule has 0 atom stereocenters. The highest BCUT2D eigenvalue weighted by molar-refractivity contribution is 6.37. The average molecular weight is 384 g/mol. The van der Waals surface area contributed by atoms with E-state index in [-0.39, 0.29) is 0 Å². The quantitative estimate of drug-likeness (QED) is 0.490. The van der Waals surface area contributed by atoms with Gasteiger partial charge in [-0.15, -0.1) is 0 Å². The molecule has 0 aromatic heterocycles. The first-order valence-electron chi connectivity index (χ1n) is 7.97. The maximum atomic E-state index is 8.85. The van der Waals surface area contributed by atoms with Gasteiger partial charge in [-0.1, -0.05) is 53.5 Å². The van der Waals surface area contributed by atoms with Gasteiger partial charge in [-0.2, -0.15) is 5.26 Å². The van der Waals surface area contributed by atoms with Crippen molar-refractivity contribution in [3.63, 3.8) is 0 Å². The molecule has 26 heavy (non-hydrogen) atoms. The summed E-state index contributed by atoms with van der Waals surface area (Å²) in [6.07, 6.45) is 0. The Hall–Kier alpha value is -2.67. The van der Waals surface area contributed by atoms with Crippen LogP contribution in [0.3, 0.4) is 0 Å². The number of nitrogens with zero attached hydrogens (tertiary/aromatic N) is 1. The lowest BCUT2D eigenvalue weighted by molar-refractivity contribution is 0.217. The van der Waals surface area contributed by atoms with E-state index in [1.807, 2.05) is 36.4 Å². The molecule has 0 heterocycles. The van der Waals surface area contributed by atoms with Crippen molar-refractivity contribution < 1.29 is 9.47 Å². The van der Waals surface area contributed by atoms with Gasteiger partial charge in [0.1, 0.15) is 19.0 Å². The molecule has 5 heteroatoms. The SMILES string of the molecule is N#Cc1ccc(-c2ccc(OCCOc3c(Cl)cccc3Cl)cc2)cc1. The minimum atomic E-state index is 0.334. The van der Waals surface area contributed by atoms with E-state index in [1.54, 1.807) is 30.3 Å². The second-order valence-electron chi connectivity index (χ2n) is 5.46. The maximum absolute atomic E-state index is 8.85.